The van der Waals surface area contributed by atoms with E-state index in [0.29, 0.717) is 0 Å². The number of hydrogen-bond acceptors (Lipinski definition) is 4. The van der Waals surface area contributed by atoms with Crippen molar-refractivity contribution in [2.75, 3.05) is 0 Å². The molecule has 0 amide bonds. The Morgan fingerprint density at radius 3 is 2.28 bits per heavy atom. The first-order valence-electron chi connectivity index (χ1n) is 7.97. The van der Waals surface area contributed by atoms with Crippen LogP contribution in [0.5, 0.6) is 5.75 Å². The van der Waals surface area contributed by atoms with Crippen molar-refractivity contribution in [3.05, 3.63) is 64.9 Å². The molecule has 0 bridgehead atoms. The van der Waals surface area contributed by atoms with Crippen LogP contribution < -0.4 is 4.18 Å². The van der Waals surface area contributed by atoms with Crippen molar-refractivity contribution in [3.8, 4) is 5.75 Å². The van der Waals surface area contributed by atoms with Gasteiger partial charge in [-0.1, -0.05) is 24.3 Å². The number of furan rings is 1. The second-order valence-corrected chi connectivity index (χ2v) is 7.68. The van der Waals surface area contributed by atoms with Crippen LogP contribution in [0.25, 0.3) is 11.0 Å². The summed E-state index contributed by atoms with van der Waals surface area (Å²) in [5.74, 6) is -0.420. The Balaban J connectivity index is 2.02. The molecule has 0 fully saturated rings. The maximum absolute atomic E-state index is 12.9. The summed E-state index contributed by atoms with van der Waals surface area (Å²) in [6.45, 7) is 1.45. The molecule has 0 atom stereocenters. The minimum atomic E-state index is -5.90. The van der Waals surface area contributed by atoms with Gasteiger partial charge in [0.2, 0.25) is 0 Å². The lowest BCUT2D eigenvalue weighted by Crippen LogP contribution is -2.28. The van der Waals surface area contributed by atoms with Crippen molar-refractivity contribution < 1.29 is 43.4 Å². The van der Waals surface area contributed by atoms with Crippen LogP contribution in [0, 0.1) is 6.92 Å². The topological polar surface area (TPSA) is 56.5 Å². The van der Waals surface area contributed by atoms with Crippen LogP contribution in [0.4, 0.5) is 26.3 Å². The molecular formula is C18H12F6O4S. The molecule has 156 valence electrons. The van der Waals surface area contributed by atoms with Crippen LogP contribution >= 0.6 is 0 Å². The number of hydrogen-bond donors (Lipinski definition) is 0. The molecule has 0 aliphatic carbocycles. The van der Waals surface area contributed by atoms with Crippen LogP contribution in [0.3, 0.4) is 0 Å². The maximum atomic E-state index is 12.9. The van der Waals surface area contributed by atoms with Crippen molar-refractivity contribution in [1.29, 1.82) is 0 Å². The largest absolute Gasteiger partial charge is 0.534 e. The van der Waals surface area contributed by atoms with Gasteiger partial charge in [-0.05, 0) is 30.7 Å². The van der Waals surface area contributed by atoms with E-state index in [2.05, 4.69) is 4.18 Å². The molecule has 0 saturated heterocycles. The summed E-state index contributed by atoms with van der Waals surface area (Å²) in [5, 5.41) is -0.0118. The molecule has 4 nitrogen and oxygen atoms in total. The highest BCUT2D eigenvalue weighted by Crippen LogP contribution is 2.37. The van der Waals surface area contributed by atoms with Crippen LogP contribution in [0.1, 0.15) is 22.5 Å². The fraction of sp³-hybridized carbons (Fsp3) is 0.222. The molecule has 1 heterocycles. The summed E-state index contributed by atoms with van der Waals surface area (Å²) < 4.78 is 109. The minimum Gasteiger partial charge on any atom is -0.460 e. The van der Waals surface area contributed by atoms with E-state index in [9.17, 15) is 34.8 Å². The molecule has 29 heavy (non-hydrogen) atoms. The number of aryl methyl sites for hydroxylation is 1. The summed E-state index contributed by atoms with van der Waals surface area (Å²) in [5.41, 5.74) is -5.92. The van der Waals surface area contributed by atoms with E-state index in [-0.39, 0.29) is 34.3 Å². The van der Waals surface area contributed by atoms with Gasteiger partial charge < -0.3 is 8.60 Å². The highest BCUT2D eigenvalue weighted by atomic mass is 32.2. The average Bonchev–Trinajstić information content (AvgIpc) is 2.90. The van der Waals surface area contributed by atoms with Crippen LogP contribution in [-0.4, -0.2) is 13.9 Å². The van der Waals surface area contributed by atoms with Gasteiger partial charge >= 0.3 is 21.8 Å². The third kappa shape index (κ3) is 4.19. The highest BCUT2D eigenvalue weighted by molar-refractivity contribution is 7.88. The minimum absolute atomic E-state index is 0.0118. The Bertz CT molecular complexity index is 1160. The fourth-order valence-corrected chi connectivity index (χ4v) is 3.23. The van der Waals surface area contributed by atoms with E-state index in [1.165, 1.54) is 31.2 Å². The molecule has 0 aliphatic rings. The number of rotatable bonds is 4. The van der Waals surface area contributed by atoms with Gasteiger partial charge in [-0.3, -0.25) is 0 Å². The molecule has 0 radical (unpaired) electrons. The van der Waals surface area contributed by atoms with Gasteiger partial charge in [-0.25, -0.2) is 0 Å². The summed E-state index contributed by atoms with van der Waals surface area (Å²) >= 11 is 0. The molecule has 2 aromatic carbocycles. The molecule has 0 saturated carbocycles. The van der Waals surface area contributed by atoms with E-state index >= 15 is 0 Å². The van der Waals surface area contributed by atoms with Crippen molar-refractivity contribution >= 4 is 21.1 Å². The summed E-state index contributed by atoms with van der Waals surface area (Å²) in [6, 6.07) is 8.14. The van der Waals surface area contributed by atoms with Crippen molar-refractivity contribution in [3.63, 3.8) is 0 Å². The lowest BCUT2D eigenvalue weighted by atomic mass is 10.0. The fourth-order valence-electron chi connectivity index (χ4n) is 2.76. The Hall–Kier alpha value is -2.69. The lowest BCUT2D eigenvalue weighted by Gasteiger charge is -2.10. The smallest absolute Gasteiger partial charge is 0.460 e. The van der Waals surface area contributed by atoms with E-state index < -0.39 is 33.1 Å². The first-order chi connectivity index (χ1) is 13.3. The number of alkyl halides is 6. The van der Waals surface area contributed by atoms with Gasteiger partial charge in [0.25, 0.3) is 0 Å². The second kappa shape index (κ2) is 6.97. The van der Waals surface area contributed by atoms with Gasteiger partial charge in [-0.15, -0.1) is 0 Å². The monoisotopic (exact) mass is 438 g/mol. The predicted octanol–water partition coefficient (Wildman–Crippen LogP) is 5.58. The molecule has 11 heteroatoms. The zero-order valence-corrected chi connectivity index (χ0v) is 15.4. The molecule has 0 N–H and O–H groups in total. The standard InChI is InChI=1S/C18H12F6O4S/c1-10-15(9-11-4-2-5-12(8-11)17(19,20)21)27-13-6-3-7-14(16(10)13)28-29(25,26)18(22,23)24/h2-8H,9H2,1H3. The molecule has 0 aliphatic heterocycles. The summed E-state index contributed by atoms with van der Waals surface area (Å²) in [4.78, 5) is 0. The first-order valence-corrected chi connectivity index (χ1v) is 9.38. The van der Waals surface area contributed by atoms with Gasteiger partial charge in [0, 0.05) is 12.0 Å². The third-order valence-electron chi connectivity index (χ3n) is 4.12. The SMILES string of the molecule is Cc1c(Cc2cccc(C(F)(F)F)c2)oc2cccc(OS(=O)(=O)C(F)(F)F)c12. The number of fused-ring (bicyclic) bond motifs is 1. The Kier molecular flexibility index (Phi) is 5.06. The zero-order valence-electron chi connectivity index (χ0n) is 14.6. The molecule has 3 rings (SSSR count). The predicted molar refractivity (Wildman–Crippen MR) is 90.8 cm³/mol. The average molecular weight is 438 g/mol. The maximum Gasteiger partial charge on any atom is 0.534 e. The van der Waals surface area contributed by atoms with Crippen LogP contribution in [0.15, 0.2) is 46.9 Å². The van der Waals surface area contributed by atoms with E-state index in [0.717, 1.165) is 18.2 Å². The van der Waals surface area contributed by atoms with Gasteiger partial charge in [0.15, 0.2) is 5.75 Å². The van der Waals surface area contributed by atoms with Crippen LogP contribution in [0.2, 0.25) is 0 Å². The second-order valence-electron chi connectivity index (χ2n) is 6.14. The molecular weight excluding hydrogens is 426 g/mol. The Morgan fingerprint density at radius 1 is 1.00 bits per heavy atom. The quantitative estimate of drug-likeness (QED) is 0.303. The Morgan fingerprint density at radius 2 is 1.66 bits per heavy atom. The summed E-state index contributed by atoms with van der Waals surface area (Å²) in [7, 11) is -5.90. The molecule has 0 unspecified atom stereocenters. The van der Waals surface area contributed by atoms with E-state index in [1.54, 1.807) is 0 Å². The normalized spacial score (nSPS) is 13.1. The number of halogens is 6. The van der Waals surface area contributed by atoms with E-state index in [4.69, 9.17) is 4.42 Å². The molecule has 1 aromatic heterocycles. The van der Waals surface area contributed by atoms with Gasteiger partial charge in [0.1, 0.15) is 11.3 Å². The van der Waals surface area contributed by atoms with Gasteiger partial charge in [-0.2, -0.15) is 34.8 Å². The van der Waals surface area contributed by atoms with Gasteiger partial charge in [0.05, 0.1) is 10.9 Å². The zero-order chi connectivity index (χ0) is 21.6. The van der Waals surface area contributed by atoms with Crippen molar-refractivity contribution in [1.82, 2.24) is 0 Å². The first kappa shape index (κ1) is 21.0. The third-order valence-corrected chi connectivity index (χ3v) is 5.08. The Labute approximate surface area is 160 Å². The highest BCUT2D eigenvalue weighted by Gasteiger charge is 2.48. The summed E-state index contributed by atoms with van der Waals surface area (Å²) in [6.07, 6.45) is -4.62. The van der Waals surface area contributed by atoms with Crippen molar-refractivity contribution in [2.24, 2.45) is 0 Å². The molecule has 3 aromatic rings. The van der Waals surface area contributed by atoms with Crippen molar-refractivity contribution in [2.45, 2.75) is 25.0 Å². The lowest BCUT2D eigenvalue weighted by molar-refractivity contribution is -0.137. The van der Waals surface area contributed by atoms with Crippen LogP contribution in [-0.2, 0) is 22.7 Å². The van der Waals surface area contributed by atoms with E-state index in [1.807, 2.05) is 0 Å². The molecule has 0 spiro atoms. The number of benzene rings is 2.